The van der Waals surface area contributed by atoms with E-state index in [1.165, 1.54) is 6.07 Å². The van der Waals surface area contributed by atoms with E-state index in [1.807, 2.05) is 42.5 Å². The first-order chi connectivity index (χ1) is 14.5. The van der Waals surface area contributed by atoms with Gasteiger partial charge in [-0.15, -0.1) is 10.2 Å². The van der Waals surface area contributed by atoms with E-state index in [0.717, 1.165) is 11.1 Å². The molecule has 0 aliphatic carbocycles. The molecular formula is C22H16ClFN4OS. The first-order valence-corrected chi connectivity index (χ1v) is 9.84. The Labute approximate surface area is 182 Å². The summed E-state index contributed by atoms with van der Waals surface area (Å²) in [6.45, 7) is 0.361. The second-order valence-electron chi connectivity index (χ2n) is 6.48. The molecule has 2 N–H and O–H groups in total. The van der Waals surface area contributed by atoms with Gasteiger partial charge in [0, 0.05) is 10.4 Å². The van der Waals surface area contributed by atoms with E-state index in [2.05, 4.69) is 15.5 Å². The summed E-state index contributed by atoms with van der Waals surface area (Å²) in [7, 11) is 0. The van der Waals surface area contributed by atoms with Crippen molar-refractivity contribution >= 4 is 51.2 Å². The van der Waals surface area contributed by atoms with E-state index < -0.39 is 5.82 Å². The highest BCUT2D eigenvalue weighted by Crippen LogP contribution is 2.39. The van der Waals surface area contributed by atoms with Crippen LogP contribution in [0.3, 0.4) is 0 Å². The number of thiocarbonyl (C=S) groups is 1. The van der Waals surface area contributed by atoms with E-state index >= 15 is 0 Å². The SMILES string of the molecule is Oc1c(N=NC(=S)Nc2ccccc2F)c2ccccc2n1Cc1ccccc1Cl. The highest BCUT2D eigenvalue weighted by atomic mass is 35.5. The van der Waals surface area contributed by atoms with Crippen LogP contribution in [0.1, 0.15) is 5.56 Å². The molecule has 5 nitrogen and oxygen atoms in total. The second-order valence-corrected chi connectivity index (χ2v) is 7.27. The Morgan fingerprint density at radius 1 is 1.03 bits per heavy atom. The Morgan fingerprint density at radius 3 is 2.53 bits per heavy atom. The van der Waals surface area contributed by atoms with Crippen molar-refractivity contribution in [3.63, 3.8) is 0 Å². The lowest BCUT2D eigenvalue weighted by Crippen LogP contribution is -2.06. The first kappa shape index (κ1) is 20.0. The van der Waals surface area contributed by atoms with Crippen LogP contribution in [0, 0.1) is 5.82 Å². The van der Waals surface area contributed by atoms with Crippen molar-refractivity contribution in [1.82, 2.24) is 4.57 Å². The van der Waals surface area contributed by atoms with Crippen molar-refractivity contribution in [1.29, 1.82) is 0 Å². The number of aromatic nitrogens is 1. The van der Waals surface area contributed by atoms with Crippen LogP contribution in [0.25, 0.3) is 10.9 Å². The van der Waals surface area contributed by atoms with Crippen LogP contribution in [-0.4, -0.2) is 14.8 Å². The molecule has 0 aliphatic heterocycles. The largest absolute Gasteiger partial charge is 0.493 e. The number of fused-ring (bicyclic) bond motifs is 1. The molecule has 0 radical (unpaired) electrons. The van der Waals surface area contributed by atoms with E-state index in [4.69, 9.17) is 23.8 Å². The quantitative estimate of drug-likeness (QED) is 0.276. The van der Waals surface area contributed by atoms with Gasteiger partial charge in [0.15, 0.2) is 5.69 Å². The van der Waals surface area contributed by atoms with Gasteiger partial charge in [-0.25, -0.2) is 4.39 Å². The molecule has 0 aliphatic rings. The highest BCUT2D eigenvalue weighted by molar-refractivity contribution is 7.80. The third kappa shape index (κ3) is 4.03. The minimum atomic E-state index is -0.450. The number of hydrogen-bond donors (Lipinski definition) is 2. The predicted molar refractivity (Wildman–Crippen MR) is 121 cm³/mol. The zero-order valence-electron chi connectivity index (χ0n) is 15.6. The first-order valence-electron chi connectivity index (χ1n) is 9.05. The van der Waals surface area contributed by atoms with Gasteiger partial charge in [-0.3, -0.25) is 0 Å². The standard InChI is InChI=1S/C22H16ClFN4OS/c23-16-9-3-1-7-14(16)13-28-19-12-6-2-8-15(19)20(21(28)29)26-27-22(30)25-18-11-5-4-10-17(18)24/h1-12,29H,13H2,(H,25,30). The maximum absolute atomic E-state index is 13.8. The number of hydrogen-bond acceptors (Lipinski definition) is 3. The van der Waals surface area contributed by atoms with E-state index in [9.17, 15) is 9.50 Å². The Hall–Kier alpha value is -3.29. The van der Waals surface area contributed by atoms with Crippen molar-refractivity contribution in [2.45, 2.75) is 6.54 Å². The lowest BCUT2D eigenvalue weighted by atomic mass is 10.2. The van der Waals surface area contributed by atoms with Crippen LogP contribution < -0.4 is 5.32 Å². The number of nitrogens with one attached hydrogen (secondary N) is 1. The van der Waals surface area contributed by atoms with Gasteiger partial charge in [0.1, 0.15) is 5.82 Å². The van der Waals surface area contributed by atoms with Gasteiger partial charge in [-0.05, 0) is 42.0 Å². The number of halogens is 2. The average molecular weight is 439 g/mol. The summed E-state index contributed by atoms with van der Waals surface area (Å²) in [5.41, 5.74) is 2.11. The highest BCUT2D eigenvalue weighted by Gasteiger charge is 2.17. The summed E-state index contributed by atoms with van der Waals surface area (Å²) in [5.74, 6) is -0.511. The topological polar surface area (TPSA) is 61.9 Å². The maximum Gasteiger partial charge on any atom is 0.221 e. The summed E-state index contributed by atoms with van der Waals surface area (Å²) in [6.07, 6.45) is 0. The second kappa shape index (κ2) is 8.61. The number of rotatable bonds is 4. The van der Waals surface area contributed by atoms with Gasteiger partial charge < -0.3 is 15.0 Å². The molecule has 0 fully saturated rings. The molecule has 3 aromatic carbocycles. The molecule has 0 spiro atoms. The zero-order valence-corrected chi connectivity index (χ0v) is 17.2. The van der Waals surface area contributed by atoms with Crippen LogP contribution in [0.2, 0.25) is 5.02 Å². The molecule has 4 aromatic rings. The van der Waals surface area contributed by atoms with Gasteiger partial charge >= 0.3 is 0 Å². The van der Waals surface area contributed by atoms with E-state index in [1.54, 1.807) is 28.8 Å². The number of para-hydroxylation sites is 2. The molecule has 0 saturated heterocycles. The molecule has 0 bridgehead atoms. The fraction of sp³-hybridized carbons (Fsp3) is 0.0455. The Bertz CT molecular complexity index is 1270. The predicted octanol–water partition coefficient (Wildman–Crippen LogP) is 6.67. The molecule has 0 amide bonds. The normalized spacial score (nSPS) is 11.3. The van der Waals surface area contributed by atoms with Crippen LogP contribution in [0.4, 0.5) is 15.8 Å². The van der Waals surface area contributed by atoms with Gasteiger partial charge in [0.05, 0.1) is 17.7 Å². The number of azo groups is 1. The third-order valence-electron chi connectivity index (χ3n) is 4.56. The summed E-state index contributed by atoms with van der Waals surface area (Å²) < 4.78 is 15.5. The molecule has 4 rings (SSSR count). The Balaban J connectivity index is 1.67. The third-order valence-corrected chi connectivity index (χ3v) is 5.11. The summed E-state index contributed by atoms with van der Waals surface area (Å²) in [6, 6.07) is 21.0. The molecule has 0 saturated carbocycles. The van der Waals surface area contributed by atoms with Gasteiger partial charge in [-0.1, -0.05) is 60.1 Å². The van der Waals surface area contributed by atoms with Gasteiger partial charge in [-0.2, -0.15) is 0 Å². The van der Waals surface area contributed by atoms with E-state index in [-0.39, 0.29) is 22.4 Å². The molecule has 8 heteroatoms. The molecule has 1 heterocycles. The lowest BCUT2D eigenvalue weighted by Gasteiger charge is -2.08. The average Bonchev–Trinajstić information content (AvgIpc) is 3.01. The van der Waals surface area contributed by atoms with Crippen molar-refractivity contribution in [2.24, 2.45) is 10.2 Å². The minimum Gasteiger partial charge on any atom is -0.493 e. The van der Waals surface area contributed by atoms with E-state index in [0.29, 0.717) is 17.0 Å². The zero-order chi connectivity index (χ0) is 21.1. The molecule has 1 aromatic heterocycles. The van der Waals surface area contributed by atoms with Crippen LogP contribution in [-0.2, 0) is 6.54 Å². The van der Waals surface area contributed by atoms with Crippen LogP contribution in [0.15, 0.2) is 83.0 Å². The van der Waals surface area contributed by atoms with Gasteiger partial charge in [0.25, 0.3) is 0 Å². The fourth-order valence-electron chi connectivity index (χ4n) is 3.13. The Morgan fingerprint density at radius 2 is 1.73 bits per heavy atom. The lowest BCUT2D eigenvalue weighted by molar-refractivity contribution is 0.429. The Kier molecular flexibility index (Phi) is 5.74. The number of benzene rings is 3. The maximum atomic E-state index is 13.8. The molecule has 150 valence electrons. The van der Waals surface area contributed by atoms with Crippen molar-refractivity contribution in [3.8, 4) is 5.88 Å². The van der Waals surface area contributed by atoms with Crippen molar-refractivity contribution in [3.05, 3.63) is 89.2 Å². The monoisotopic (exact) mass is 438 g/mol. The smallest absolute Gasteiger partial charge is 0.221 e. The number of aromatic hydroxyl groups is 1. The summed E-state index contributed by atoms with van der Waals surface area (Å²) >= 11 is 11.4. The number of nitrogens with zero attached hydrogens (tertiary/aromatic N) is 3. The fourth-order valence-corrected chi connectivity index (χ4v) is 3.47. The van der Waals surface area contributed by atoms with Crippen molar-refractivity contribution < 1.29 is 9.50 Å². The molecule has 0 atom stereocenters. The summed E-state index contributed by atoms with van der Waals surface area (Å²) in [4.78, 5) is 0. The van der Waals surface area contributed by atoms with Gasteiger partial charge in [0.2, 0.25) is 11.0 Å². The molecular weight excluding hydrogens is 423 g/mol. The summed E-state index contributed by atoms with van der Waals surface area (Å²) in [5, 5.41) is 22.9. The molecule has 0 unspecified atom stereocenters. The number of anilines is 1. The van der Waals surface area contributed by atoms with Crippen molar-refractivity contribution in [2.75, 3.05) is 5.32 Å². The molecule has 30 heavy (non-hydrogen) atoms. The van der Waals surface area contributed by atoms with Crippen LogP contribution in [0.5, 0.6) is 5.88 Å². The minimum absolute atomic E-state index is 0.0255. The van der Waals surface area contributed by atoms with Crippen LogP contribution >= 0.6 is 23.8 Å².